The van der Waals surface area contributed by atoms with E-state index in [2.05, 4.69) is 40.6 Å². The molecule has 0 spiro atoms. The highest BCUT2D eigenvalue weighted by Crippen LogP contribution is 2.59. The number of amides is 1. The Labute approximate surface area is 378 Å². The van der Waals surface area contributed by atoms with Gasteiger partial charge in [0.2, 0.25) is 0 Å². The van der Waals surface area contributed by atoms with Crippen molar-refractivity contribution in [2.75, 3.05) is 38.5 Å². The molecule has 0 radical (unpaired) electrons. The quantitative estimate of drug-likeness (QED) is 0.144. The van der Waals surface area contributed by atoms with Crippen LogP contribution in [0.25, 0.3) is 28.1 Å². The second kappa shape index (κ2) is 15.4. The number of hydrogen-bond acceptors (Lipinski definition) is 10. The molecule has 66 heavy (non-hydrogen) atoms. The molecule has 11 rings (SSSR count). The highest BCUT2D eigenvalue weighted by atomic mass is 31.2. The predicted molar refractivity (Wildman–Crippen MR) is 246 cm³/mol. The number of aromatic amines is 1. The minimum absolute atomic E-state index is 0.0172. The summed E-state index contributed by atoms with van der Waals surface area (Å²) in [5.41, 5.74) is 5.22. The molecule has 7 heterocycles. The van der Waals surface area contributed by atoms with Crippen LogP contribution >= 0.6 is 7.14 Å². The fourth-order valence-corrected chi connectivity index (χ4v) is 12.9. The summed E-state index contributed by atoms with van der Waals surface area (Å²) in [5.74, 6) is -0.483. The lowest BCUT2D eigenvalue weighted by Crippen LogP contribution is -2.41. The lowest BCUT2D eigenvalue weighted by Gasteiger charge is -2.35. The van der Waals surface area contributed by atoms with E-state index in [1.165, 1.54) is 14.7 Å². The van der Waals surface area contributed by atoms with Crippen LogP contribution in [0.15, 0.2) is 81.1 Å². The van der Waals surface area contributed by atoms with Crippen molar-refractivity contribution in [2.24, 2.45) is 5.92 Å². The van der Waals surface area contributed by atoms with E-state index >= 15 is 9.18 Å². The third-order valence-corrected chi connectivity index (χ3v) is 17.7. The van der Waals surface area contributed by atoms with E-state index in [0.29, 0.717) is 101 Å². The van der Waals surface area contributed by atoms with Crippen molar-refractivity contribution in [3.63, 3.8) is 0 Å². The van der Waals surface area contributed by atoms with Crippen LogP contribution < -0.4 is 22.1 Å². The highest BCUT2D eigenvalue weighted by Gasteiger charge is 2.59. The van der Waals surface area contributed by atoms with Gasteiger partial charge in [-0.3, -0.25) is 23.4 Å². The standard InChI is InChI=1S/C48H51FN9O7P/c1-26-19-35(20-27(2)42(26)49)58-43(56-16-15-55(47(56)61)34-8-10-40(37(23-34)50-6)66(62)25-64-30(66)5)41-29(4)54(14-11-36(41)52-58)44(59)39-22-33-21-32(31-12-17-63-18-13-31)7-9-38(33)57(39)48(24-28(48)3)45-51-46(60)65-53-45/h7-10,15-16,19-23,28-31,50H,11-14,17-18,24-25H2,1-6H3,(H,51,53,60)/t28-,29-,30-,48-,66+/m0/s1. The summed E-state index contributed by atoms with van der Waals surface area (Å²) < 4.78 is 51.9. The van der Waals surface area contributed by atoms with E-state index in [1.807, 2.05) is 28.5 Å². The van der Waals surface area contributed by atoms with Crippen molar-refractivity contribution >= 4 is 34.9 Å². The number of rotatable bonds is 9. The molecular weight excluding hydrogens is 865 g/mol. The summed E-state index contributed by atoms with van der Waals surface area (Å²) in [4.78, 5) is 47.4. The number of anilines is 1. The van der Waals surface area contributed by atoms with Crippen molar-refractivity contribution < 1.29 is 27.7 Å². The molecule has 1 amide bonds. The van der Waals surface area contributed by atoms with Crippen LogP contribution in [0, 0.1) is 25.6 Å². The Bertz CT molecular complexity index is 3280. The van der Waals surface area contributed by atoms with Gasteiger partial charge >= 0.3 is 11.4 Å². The number of carbonyl (C=O) groups is 1. The van der Waals surface area contributed by atoms with Crippen LogP contribution in [-0.4, -0.2) is 83.4 Å². The van der Waals surface area contributed by atoms with Crippen LogP contribution in [-0.2, 0) is 26.0 Å². The summed E-state index contributed by atoms with van der Waals surface area (Å²) in [6, 6.07) is 16.5. The van der Waals surface area contributed by atoms with Crippen LogP contribution in [0.3, 0.4) is 0 Å². The fourth-order valence-electron chi connectivity index (χ4n) is 10.8. The van der Waals surface area contributed by atoms with Crippen molar-refractivity contribution in [3.8, 4) is 17.2 Å². The van der Waals surface area contributed by atoms with Gasteiger partial charge in [0.15, 0.2) is 13.0 Å². The van der Waals surface area contributed by atoms with E-state index in [0.717, 1.165) is 23.7 Å². The van der Waals surface area contributed by atoms with E-state index < -0.39 is 36.0 Å². The maximum atomic E-state index is 15.5. The van der Waals surface area contributed by atoms with Crippen molar-refractivity contribution in [1.82, 2.24) is 38.5 Å². The van der Waals surface area contributed by atoms with Crippen LogP contribution in [0.2, 0.25) is 0 Å². The van der Waals surface area contributed by atoms with Gasteiger partial charge < -0.3 is 28.8 Å². The molecule has 16 nitrogen and oxygen atoms in total. The number of nitrogens with one attached hydrogen (secondary N) is 2. The van der Waals surface area contributed by atoms with Gasteiger partial charge in [-0.25, -0.2) is 18.7 Å². The third kappa shape index (κ3) is 6.29. The molecule has 1 aliphatic carbocycles. The minimum Gasteiger partial charge on any atom is -0.387 e. The number of nitrogens with zero attached hydrogens (tertiary/aromatic N) is 7. The molecule has 2 N–H and O–H groups in total. The minimum atomic E-state index is -2.78. The zero-order chi connectivity index (χ0) is 46.0. The number of halogens is 1. The number of aryl methyl sites for hydroxylation is 2. The van der Waals surface area contributed by atoms with Gasteiger partial charge in [0.05, 0.1) is 23.1 Å². The fraction of sp³-hybridized carbons (Fsp3) is 0.396. The number of benzene rings is 3. The van der Waals surface area contributed by atoms with Crippen molar-refractivity contribution in [1.29, 1.82) is 0 Å². The third-order valence-electron chi connectivity index (χ3n) is 14.7. The molecule has 0 bridgehead atoms. The zero-order valence-electron chi connectivity index (χ0n) is 37.6. The number of carbonyl (C=O) groups excluding carboxylic acids is 1. The SMILES string of the molecule is CNc1cc(-n2ccn(-c3c4c(nn3-c3cc(C)c(F)c(C)c3)CCN(C(=O)c3cc5cc(C6CCOCC6)ccc5n3[C@@]3(c5noc(=O)[nH]5)C[C@@H]3C)[C@H]4C)c2=O)ccc1[P@@]1(=O)CO[C@@H]1C. The van der Waals surface area contributed by atoms with Crippen LogP contribution in [0.5, 0.6) is 0 Å². The number of ether oxygens (including phenoxy) is 2. The summed E-state index contributed by atoms with van der Waals surface area (Å²) in [6.45, 7) is 10.9. The molecule has 18 heteroatoms. The molecule has 1 saturated carbocycles. The van der Waals surface area contributed by atoms with E-state index in [4.69, 9.17) is 19.1 Å². The molecular formula is C48H51FN9O7P. The number of imidazole rings is 1. The van der Waals surface area contributed by atoms with Gasteiger partial charge in [-0.2, -0.15) is 5.10 Å². The normalized spacial score (nSPS) is 24.1. The Morgan fingerprint density at radius 2 is 1.71 bits per heavy atom. The smallest absolute Gasteiger partial charge is 0.387 e. The van der Waals surface area contributed by atoms with Crippen LogP contribution in [0.1, 0.15) is 96.3 Å². The first-order chi connectivity index (χ1) is 31.7. The Hall–Kier alpha value is -6.29. The predicted octanol–water partition coefficient (Wildman–Crippen LogP) is 7.00. The van der Waals surface area contributed by atoms with Gasteiger partial charge in [0.1, 0.15) is 35.1 Å². The van der Waals surface area contributed by atoms with Gasteiger partial charge in [-0.15, -0.1) is 0 Å². The average Bonchev–Trinajstić information content (AvgIpc) is 3.82. The van der Waals surface area contributed by atoms with E-state index in [1.54, 1.807) is 69.2 Å². The number of aromatic nitrogens is 7. The molecule has 7 aromatic rings. The van der Waals surface area contributed by atoms with Crippen LogP contribution in [0.4, 0.5) is 10.1 Å². The lowest BCUT2D eigenvalue weighted by molar-refractivity contribution is 0.0663. The van der Waals surface area contributed by atoms with E-state index in [9.17, 15) is 14.2 Å². The molecule has 3 fully saturated rings. The van der Waals surface area contributed by atoms with Crippen molar-refractivity contribution in [2.45, 2.75) is 83.6 Å². The highest BCUT2D eigenvalue weighted by molar-refractivity contribution is 7.73. The molecule has 4 aliphatic rings. The second-order valence-corrected chi connectivity index (χ2v) is 21.5. The summed E-state index contributed by atoms with van der Waals surface area (Å²) in [6.07, 6.45) is 6.33. The average molecular weight is 916 g/mol. The molecule has 0 unspecified atom stereocenters. The molecule has 2 saturated heterocycles. The first-order valence-electron chi connectivity index (χ1n) is 22.6. The monoisotopic (exact) mass is 915 g/mol. The first-order valence-corrected chi connectivity index (χ1v) is 24.5. The van der Waals surface area contributed by atoms with Gasteiger partial charge in [0, 0.05) is 73.1 Å². The molecule has 3 aliphatic heterocycles. The van der Waals surface area contributed by atoms with Gasteiger partial charge in [0.25, 0.3) is 5.91 Å². The lowest BCUT2D eigenvalue weighted by atomic mass is 9.91. The Morgan fingerprint density at radius 3 is 2.36 bits per heavy atom. The number of H-pyrrole nitrogens is 1. The summed E-state index contributed by atoms with van der Waals surface area (Å²) in [7, 11) is -1.02. The van der Waals surface area contributed by atoms with Gasteiger partial charge in [-0.05, 0) is 124 Å². The molecule has 4 aromatic heterocycles. The molecule has 342 valence electrons. The maximum Gasteiger partial charge on any atom is 0.438 e. The Kier molecular flexibility index (Phi) is 9.88. The molecule has 5 atom stereocenters. The number of fused-ring (bicyclic) bond motifs is 2. The summed E-state index contributed by atoms with van der Waals surface area (Å²) in [5, 5.41) is 14.0. The zero-order valence-corrected chi connectivity index (χ0v) is 38.5. The maximum absolute atomic E-state index is 15.5. The second-order valence-electron chi connectivity index (χ2n) is 18.4. The summed E-state index contributed by atoms with van der Waals surface area (Å²) >= 11 is 0. The van der Waals surface area contributed by atoms with E-state index in [-0.39, 0.29) is 24.0 Å². The largest absolute Gasteiger partial charge is 0.438 e. The topological polar surface area (TPSA) is 176 Å². The number of hydrogen-bond donors (Lipinski definition) is 2. The first kappa shape index (κ1) is 42.4. The Balaban J connectivity index is 1.04. The van der Waals surface area contributed by atoms with Crippen molar-refractivity contribution in [3.05, 3.63) is 133 Å². The van der Waals surface area contributed by atoms with Gasteiger partial charge in [-0.1, -0.05) is 18.1 Å². The Morgan fingerprint density at radius 1 is 0.970 bits per heavy atom. The molecule has 3 aromatic carbocycles.